The maximum absolute atomic E-state index is 2.43. The van der Waals surface area contributed by atoms with Crippen molar-refractivity contribution in [3.8, 4) is 11.3 Å². The van der Waals surface area contributed by atoms with E-state index in [1.54, 1.807) is 0 Å². The number of aromatic nitrogens is 1. The number of nitrogens with zero attached hydrogens (tertiary/aromatic N) is 1. The second kappa shape index (κ2) is 6.69. The van der Waals surface area contributed by atoms with Gasteiger partial charge in [0.05, 0.1) is 5.39 Å². The summed E-state index contributed by atoms with van der Waals surface area (Å²) in [5, 5.41) is 4.09. The standard InChI is InChI=1S/C28H32N/c1-17-13-18(2)27-19(3)15-25(29(8)26(27)14-17)23-16-24(28(5,6)7)22-12-10-9-11-21(22)20(23)4/h9-16H,1-8H3/q+1. The van der Waals surface area contributed by atoms with E-state index in [9.17, 15) is 0 Å². The van der Waals surface area contributed by atoms with Crippen molar-refractivity contribution in [2.75, 3.05) is 0 Å². The molecule has 0 spiro atoms. The summed E-state index contributed by atoms with van der Waals surface area (Å²) >= 11 is 0. The fraction of sp³-hybridized carbons (Fsp3) is 0.321. The van der Waals surface area contributed by atoms with Gasteiger partial charge in [-0.25, -0.2) is 0 Å². The van der Waals surface area contributed by atoms with Gasteiger partial charge in [-0.1, -0.05) is 51.1 Å². The molecule has 4 rings (SSSR count). The van der Waals surface area contributed by atoms with Crippen molar-refractivity contribution in [1.82, 2.24) is 0 Å². The van der Waals surface area contributed by atoms with E-state index in [1.165, 1.54) is 60.8 Å². The Kier molecular flexibility index (Phi) is 4.53. The lowest BCUT2D eigenvalue weighted by Crippen LogP contribution is -2.33. The molecule has 0 fully saturated rings. The second-order valence-corrected chi connectivity index (χ2v) is 9.64. The van der Waals surface area contributed by atoms with Gasteiger partial charge in [-0.15, -0.1) is 0 Å². The fourth-order valence-corrected chi connectivity index (χ4v) is 4.89. The molecule has 0 radical (unpaired) electrons. The lowest BCUT2D eigenvalue weighted by Gasteiger charge is -2.24. The molecule has 0 aliphatic carbocycles. The van der Waals surface area contributed by atoms with E-state index in [-0.39, 0.29) is 5.41 Å². The van der Waals surface area contributed by atoms with Gasteiger partial charge in [0.25, 0.3) is 0 Å². The lowest BCUT2D eigenvalue weighted by molar-refractivity contribution is -0.633. The summed E-state index contributed by atoms with van der Waals surface area (Å²) < 4.78 is 2.38. The van der Waals surface area contributed by atoms with Gasteiger partial charge in [0.2, 0.25) is 11.2 Å². The first-order chi connectivity index (χ1) is 13.6. The van der Waals surface area contributed by atoms with E-state index in [1.807, 2.05) is 0 Å². The van der Waals surface area contributed by atoms with Gasteiger partial charge in [0.15, 0.2) is 0 Å². The first kappa shape index (κ1) is 19.6. The number of benzene rings is 3. The van der Waals surface area contributed by atoms with Crippen LogP contribution in [-0.4, -0.2) is 0 Å². The normalized spacial score (nSPS) is 12.1. The van der Waals surface area contributed by atoms with E-state index >= 15 is 0 Å². The van der Waals surface area contributed by atoms with Crippen LogP contribution in [-0.2, 0) is 12.5 Å². The van der Waals surface area contributed by atoms with Crippen molar-refractivity contribution in [3.63, 3.8) is 0 Å². The average Bonchev–Trinajstić information content (AvgIpc) is 2.64. The molecule has 1 heteroatoms. The molecule has 3 aromatic carbocycles. The second-order valence-electron chi connectivity index (χ2n) is 9.64. The Morgan fingerprint density at radius 3 is 2.03 bits per heavy atom. The predicted octanol–water partition coefficient (Wildman–Crippen LogP) is 7.02. The number of pyridine rings is 1. The van der Waals surface area contributed by atoms with E-state index in [0.29, 0.717) is 0 Å². The van der Waals surface area contributed by atoms with Gasteiger partial charge in [0, 0.05) is 17.7 Å². The molecule has 0 unspecified atom stereocenters. The molecule has 0 N–H and O–H groups in total. The monoisotopic (exact) mass is 382 g/mol. The molecule has 0 saturated carbocycles. The van der Waals surface area contributed by atoms with Gasteiger partial charge >= 0.3 is 0 Å². The smallest absolute Gasteiger partial charge is 0.194 e. The van der Waals surface area contributed by atoms with Gasteiger partial charge in [-0.2, -0.15) is 4.57 Å². The first-order valence-corrected chi connectivity index (χ1v) is 10.5. The maximum Gasteiger partial charge on any atom is 0.213 e. The summed E-state index contributed by atoms with van der Waals surface area (Å²) in [5.41, 5.74) is 10.8. The fourth-order valence-electron chi connectivity index (χ4n) is 4.89. The summed E-state index contributed by atoms with van der Waals surface area (Å²) in [6.45, 7) is 15.9. The Morgan fingerprint density at radius 1 is 0.759 bits per heavy atom. The number of fused-ring (bicyclic) bond motifs is 2. The van der Waals surface area contributed by atoms with Crippen LogP contribution >= 0.6 is 0 Å². The minimum Gasteiger partial charge on any atom is -0.194 e. The summed E-state index contributed by atoms with van der Waals surface area (Å²) in [7, 11) is 2.21. The third-order valence-corrected chi connectivity index (χ3v) is 6.33. The minimum atomic E-state index is 0.0830. The third-order valence-electron chi connectivity index (χ3n) is 6.33. The van der Waals surface area contributed by atoms with Crippen LogP contribution in [0.5, 0.6) is 0 Å². The highest BCUT2D eigenvalue weighted by Crippen LogP contribution is 2.37. The van der Waals surface area contributed by atoms with Crippen molar-refractivity contribution >= 4 is 21.7 Å². The highest BCUT2D eigenvalue weighted by molar-refractivity contribution is 5.95. The quantitative estimate of drug-likeness (QED) is 0.312. The molecule has 29 heavy (non-hydrogen) atoms. The molecule has 0 aliphatic heterocycles. The van der Waals surface area contributed by atoms with Crippen molar-refractivity contribution in [1.29, 1.82) is 0 Å². The van der Waals surface area contributed by atoms with Gasteiger partial charge in [-0.05, 0) is 77.8 Å². The summed E-state index contributed by atoms with van der Waals surface area (Å²) in [5.74, 6) is 0. The van der Waals surface area contributed by atoms with Crippen LogP contribution in [0, 0.1) is 27.7 Å². The van der Waals surface area contributed by atoms with Gasteiger partial charge in [-0.3, -0.25) is 0 Å². The molecular formula is C28H32N+. The van der Waals surface area contributed by atoms with E-state index < -0.39 is 0 Å². The van der Waals surface area contributed by atoms with Crippen molar-refractivity contribution in [2.45, 2.75) is 53.9 Å². The molecule has 0 amide bonds. The molecule has 1 nitrogen and oxygen atoms in total. The van der Waals surface area contributed by atoms with E-state index in [0.717, 1.165) is 0 Å². The summed E-state index contributed by atoms with van der Waals surface area (Å²) in [6, 6.07) is 18.3. The molecular weight excluding hydrogens is 350 g/mol. The molecule has 0 atom stereocenters. The van der Waals surface area contributed by atoms with E-state index in [2.05, 4.69) is 109 Å². The number of rotatable bonds is 1. The van der Waals surface area contributed by atoms with Crippen LogP contribution in [0.15, 0.2) is 48.5 Å². The average molecular weight is 383 g/mol. The highest BCUT2D eigenvalue weighted by Gasteiger charge is 2.24. The zero-order chi connectivity index (χ0) is 21.1. The molecule has 0 aliphatic rings. The number of hydrogen-bond donors (Lipinski definition) is 0. The van der Waals surface area contributed by atoms with Crippen LogP contribution in [0.4, 0.5) is 0 Å². The zero-order valence-electron chi connectivity index (χ0n) is 19.1. The Hall–Kier alpha value is -2.67. The third kappa shape index (κ3) is 3.13. The first-order valence-electron chi connectivity index (χ1n) is 10.5. The molecule has 4 aromatic rings. The van der Waals surface area contributed by atoms with Crippen LogP contribution in [0.3, 0.4) is 0 Å². The minimum absolute atomic E-state index is 0.0830. The van der Waals surface area contributed by atoms with Crippen molar-refractivity contribution in [3.05, 3.63) is 76.3 Å². The Labute approximate surface area is 175 Å². The Balaban J connectivity index is 2.14. The van der Waals surface area contributed by atoms with Gasteiger partial charge < -0.3 is 0 Å². The van der Waals surface area contributed by atoms with Crippen molar-refractivity contribution < 1.29 is 4.57 Å². The molecule has 1 aromatic heterocycles. The Morgan fingerprint density at radius 2 is 1.38 bits per heavy atom. The zero-order valence-corrected chi connectivity index (χ0v) is 19.1. The van der Waals surface area contributed by atoms with Crippen LogP contribution in [0.25, 0.3) is 32.9 Å². The highest BCUT2D eigenvalue weighted by atomic mass is 14.9. The van der Waals surface area contributed by atoms with Crippen molar-refractivity contribution in [2.24, 2.45) is 7.05 Å². The van der Waals surface area contributed by atoms with Crippen LogP contribution in [0.2, 0.25) is 0 Å². The molecule has 1 heterocycles. The SMILES string of the molecule is Cc1cc(C)c2c(C)cc(-c3cc(C(C)(C)C)c4ccccc4c3C)[n+](C)c2c1. The lowest BCUT2D eigenvalue weighted by atomic mass is 9.80. The predicted molar refractivity (Wildman–Crippen MR) is 126 cm³/mol. The number of aryl methyl sites for hydroxylation is 5. The summed E-state index contributed by atoms with van der Waals surface area (Å²) in [4.78, 5) is 0. The largest absolute Gasteiger partial charge is 0.213 e. The topological polar surface area (TPSA) is 3.88 Å². The number of hydrogen-bond acceptors (Lipinski definition) is 0. The van der Waals surface area contributed by atoms with Crippen LogP contribution in [0.1, 0.15) is 48.6 Å². The van der Waals surface area contributed by atoms with E-state index in [4.69, 9.17) is 0 Å². The van der Waals surface area contributed by atoms with Gasteiger partial charge in [0.1, 0.15) is 7.05 Å². The van der Waals surface area contributed by atoms with Crippen LogP contribution < -0.4 is 4.57 Å². The summed E-state index contributed by atoms with van der Waals surface area (Å²) in [6.07, 6.45) is 0. The molecule has 0 bridgehead atoms. The maximum atomic E-state index is 2.43. The Bertz CT molecular complexity index is 1270. The molecule has 148 valence electrons. The molecule has 0 saturated heterocycles.